The summed E-state index contributed by atoms with van der Waals surface area (Å²) in [7, 11) is 1.99. The smallest absolute Gasteiger partial charge is 0.0593 e. The summed E-state index contributed by atoms with van der Waals surface area (Å²) < 4.78 is 7.46. The lowest BCUT2D eigenvalue weighted by Gasteiger charge is -2.26. The predicted octanol–water partition coefficient (Wildman–Crippen LogP) is 2.08. The first-order chi connectivity index (χ1) is 8.65. The number of hydrogen-bond donors (Lipinski definition) is 0. The quantitative estimate of drug-likeness (QED) is 0.516. The lowest BCUT2D eigenvalue weighted by atomic mass is 10.2. The van der Waals surface area contributed by atoms with Crippen LogP contribution in [0.1, 0.15) is 19.5 Å². The maximum atomic E-state index is 5.52. The Bertz CT molecular complexity index is 328. The lowest BCUT2D eigenvalue weighted by Crippen LogP contribution is -2.36. The molecule has 0 unspecified atom stereocenters. The summed E-state index contributed by atoms with van der Waals surface area (Å²) in [5, 5.41) is 5.10. The van der Waals surface area contributed by atoms with Crippen molar-refractivity contribution >= 4 is 15.9 Å². The van der Waals surface area contributed by atoms with Crippen molar-refractivity contribution < 1.29 is 4.74 Å². The van der Waals surface area contributed by atoms with E-state index in [4.69, 9.17) is 4.74 Å². The van der Waals surface area contributed by atoms with Gasteiger partial charge in [0.25, 0.3) is 0 Å². The minimum absolute atomic E-state index is 0.547. The molecule has 5 heteroatoms. The fraction of sp³-hybridized carbons (Fsp3) is 0.769. The Morgan fingerprint density at radius 2 is 2.17 bits per heavy atom. The molecule has 0 radical (unpaired) electrons. The average Bonchev–Trinajstić information content (AvgIpc) is 2.73. The van der Waals surface area contributed by atoms with Crippen molar-refractivity contribution in [3.05, 3.63) is 18.0 Å². The van der Waals surface area contributed by atoms with Gasteiger partial charge in [-0.3, -0.25) is 9.58 Å². The molecular formula is C13H24BrN3O. The molecule has 104 valence electrons. The fourth-order valence-electron chi connectivity index (χ4n) is 1.87. The summed E-state index contributed by atoms with van der Waals surface area (Å²) in [4.78, 5) is 2.45. The highest BCUT2D eigenvalue weighted by Gasteiger charge is 2.10. The van der Waals surface area contributed by atoms with Gasteiger partial charge in [-0.2, -0.15) is 5.10 Å². The van der Waals surface area contributed by atoms with Gasteiger partial charge in [0.05, 0.1) is 13.2 Å². The van der Waals surface area contributed by atoms with Crippen LogP contribution in [0.5, 0.6) is 0 Å². The Balaban J connectivity index is 2.31. The van der Waals surface area contributed by atoms with Crippen molar-refractivity contribution in [3.63, 3.8) is 0 Å². The highest BCUT2D eigenvalue weighted by molar-refractivity contribution is 9.09. The summed E-state index contributed by atoms with van der Waals surface area (Å²) in [6, 6.07) is 2.63. The van der Waals surface area contributed by atoms with Gasteiger partial charge < -0.3 is 4.74 Å². The topological polar surface area (TPSA) is 30.3 Å². The molecule has 0 bridgehead atoms. The van der Waals surface area contributed by atoms with Crippen LogP contribution in [0.25, 0.3) is 0 Å². The van der Waals surface area contributed by atoms with E-state index in [-0.39, 0.29) is 0 Å². The maximum Gasteiger partial charge on any atom is 0.0593 e. The van der Waals surface area contributed by atoms with E-state index in [2.05, 4.69) is 45.8 Å². The van der Waals surface area contributed by atoms with Gasteiger partial charge in [0.2, 0.25) is 0 Å². The van der Waals surface area contributed by atoms with Crippen LogP contribution >= 0.6 is 15.9 Å². The van der Waals surface area contributed by atoms with Gasteiger partial charge >= 0.3 is 0 Å². The lowest BCUT2D eigenvalue weighted by molar-refractivity contribution is 0.103. The minimum atomic E-state index is 0.547. The predicted molar refractivity (Wildman–Crippen MR) is 78.2 cm³/mol. The number of aromatic nitrogens is 2. The number of halogens is 1. The second-order valence-corrected chi connectivity index (χ2v) is 5.42. The number of alkyl halides is 1. The summed E-state index contributed by atoms with van der Waals surface area (Å²) in [6.07, 6.45) is 2.89. The van der Waals surface area contributed by atoms with E-state index in [0.29, 0.717) is 6.04 Å². The first-order valence-corrected chi connectivity index (χ1v) is 7.62. The van der Waals surface area contributed by atoms with Crippen LogP contribution in [0.3, 0.4) is 0 Å². The van der Waals surface area contributed by atoms with Gasteiger partial charge in [-0.05, 0) is 19.9 Å². The molecule has 18 heavy (non-hydrogen) atoms. The van der Waals surface area contributed by atoms with Crippen LogP contribution < -0.4 is 0 Å². The first kappa shape index (κ1) is 15.7. The van der Waals surface area contributed by atoms with E-state index in [1.807, 2.05) is 17.9 Å². The van der Waals surface area contributed by atoms with Crippen LogP contribution in [0.15, 0.2) is 12.3 Å². The van der Waals surface area contributed by atoms with Gasteiger partial charge in [0.1, 0.15) is 0 Å². The van der Waals surface area contributed by atoms with E-state index in [1.165, 1.54) is 5.69 Å². The Kier molecular flexibility index (Phi) is 7.54. The third-order valence-corrected chi connectivity index (χ3v) is 3.38. The fourth-order valence-corrected chi connectivity index (χ4v) is 2.10. The molecule has 0 atom stereocenters. The average molecular weight is 318 g/mol. The Morgan fingerprint density at radius 1 is 1.39 bits per heavy atom. The number of hydrogen-bond acceptors (Lipinski definition) is 3. The number of nitrogens with zero attached hydrogens (tertiary/aromatic N) is 3. The molecule has 0 saturated carbocycles. The second kappa shape index (κ2) is 8.67. The van der Waals surface area contributed by atoms with E-state index in [0.717, 1.165) is 38.1 Å². The van der Waals surface area contributed by atoms with Gasteiger partial charge in [-0.25, -0.2) is 0 Å². The second-order valence-electron chi connectivity index (χ2n) is 4.63. The van der Waals surface area contributed by atoms with E-state index in [1.54, 1.807) is 0 Å². The third-order valence-electron chi connectivity index (χ3n) is 3.05. The molecular weight excluding hydrogens is 294 g/mol. The zero-order chi connectivity index (χ0) is 13.4. The summed E-state index contributed by atoms with van der Waals surface area (Å²) in [5.41, 5.74) is 1.28. The summed E-state index contributed by atoms with van der Waals surface area (Å²) >= 11 is 3.36. The van der Waals surface area contributed by atoms with Crippen LogP contribution in [-0.2, 0) is 18.2 Å². The maximum absolute atomic E-state index is 5.52. The first-order valence-electron chi connectivity index (χ1n) is 6.49. The molecule has 0 aromatic carbocycles. The molecule has 1 rings (SSSR count). The van der Waals surface area contributed by atoms with Gasteiger partial charge in [-0.15, -0.1) is 0 Å². The van der Waals surface area contributed by atoms with Crippen molar-refractivity contribution in [1.82, 2.24) is 14.7 Å². The molecule has 0 aliphatic carbocycles. The largest absolute Gasteiger partial charge is 0.379 e. The standard InChI is InChI=1S/C13H24BrN3O/c1-12(2)17(9-11-18-10-6-14)8-5-13-4-7-15-16(13)3/h4,7,12H,5-6,8-11H2,1-3H3. The number of aryl methyl sites for hydroxylation is 1. The SMILES string of the molecule is CC(C)N(CCOCCBr)CCc1ccnn1C. The van der Waals surface area contributed by atoms with Crippen LogP contribution in [0.2, 0.25) is 0 Å². The monoisotopic (exact) mass is 317 g/mol. The van der Waals surface area contributed by atoms with Crippen molar-refractivity contribution in [2.75, 3.05) is 31.6 Å². The molecule has 1 aromatic rings. The van der Waals surface area contributed by atoms with Crippen molar-refractivity contribution in [1.29, 1.82) is 0 Å². The van der Waals surface area contributed by atoms with Crippen molar-refractivity contribution in [2.45, 2.75) is 26.3 Å². The van der Waals surface area contributed by atoms with Crippen molar-refractivity contribution in [3.8, 4) is 0 Å². The van der Waals surface area contributed by atoms with Crippen molar-refractivity contribution in [2.24, 2.45) is 7.05 Å². The van der Waals surface area contributed by atoms with Gasteiger partial charge in [0.15, 0.2) is 0 Å². The van der Waals surface area contributed by atoms with E-state index >= 15 is 0 Å². The molecule has 0 spiro atoms. The molecule has 0 fully saturated rings. The zero-order valence-electron chi connectivity index (χ0n) is 11.6. The molecule has 0 aliphatic rings. The van der Waals surface area contributed by atoms with Crippen LogP contribution in [-0.4, -0.2) is 52.4 Å². The van der Waals surface area contributed by atoms with E-state index in [9.17, 15) is 0 Å². The Morgan fingerprint density at radius 3 is 2.72 bits per heavy atom. The molecule has 0 aliphatic heterocycles. The number of rotatable bonds is 9. The summed E-state index contributed by atoms with van der Waals surface area (Å²) in [6.45, 7) is 8.09. The highest BCUT2D eigenvalue weighted by Crippen LogP contribution is 2.03. The normalized spacial score (nSPS) is 11.7. The molecule has 0 saturated heterocycles. The molecule has 1 aromatic heterocycles. The third kappa shape index (κ3) is 5.50. The van der Waals surface area contributed by atoms with Crippen LogP contribution in [0, 0.1) is 0 Å². The Hall–Kier alpha value is -0.390. The number of ether oxygens (including phenoxy) is 1. The Labute approximate surface area is 118 Å². The van der Waals surface area contributed by atoms with Gasteiger partial charge in [0, 0.05) is 49.8 Å². The molecule has 0 N–H and O–H groups in total. The van der Waals surface area contributed by atoms with Gasteiger partial charge in [-0.1, -0.05) is 15.9 Å². The summed E-state index contributed by atoms with van der Waals surface area (Å²) in [5.74, 6) is 0. The molecule has 0 amide bonds. The zero-order valence-corrected chi connectivity index (χ0v) is 13.2. The minimum Gasteiger partial charge on any atom is -0.379 e. The highest BCUT2D eigenvalue weighted by atomic mass is 79.9. The van der Waals surface area contributed by atoms with Crippen LogP contribution in [0.4, 0.5) is 0 Å². The van der Waals surface area contributed by atoms with E-state index < -0.39 is 0 Å². The molecule has 4 nitrogen and oxygen atoms in total. The molecule has 1 heterocycles.